The van der Waals surface area contributed by atoms with Gasteiger partial charge in [-0.1, -0.05) is 0 Å². The Labute approximate surface area is 123 Å². The van der Waals surface area contributed by atoms with Crippen molar-refractivity contribution in [3.63, 3.8) is 0 Å². The minimum absolute atomic E-state index is 0.0102. The van der Waals surface area contributed by atoms with Crippen LogP contribution in [0, 0.1) is 0 Å². The van der Waals surface area contributed by atoms with Crippen molar-refractivity contribution in [2.24, 2.45) is 0 Å². The third kappa shape index (κ3) is 4.43. The summed E-state index contributed by atoms with van der Waals surface area (Å²) < 4.78 is 0. The Balaban J connectivity index is 1.72. The van der Waals surface area contributed by atoms with Gasteiger partial charge in [0.2, 0.25) is 5.91 Å². The van der Waals surface area contributed by atoms with E-state index in [4.69, 9.17) is 0 Å². The van der Waals surface area contributed by atoms with E-state index >= 15 is 0 Å². The molecule has 20 heavy (non-hydrogen) atoms. The second-order valence-corrected chi connectivity index (χ2v) is 6.13. The standard InChI is InChI=1S/C15H30N4O/c1-14(15(20)19-8-4-3-5-9-19)17(2)12-13-18-10-6-16-7-11-18/h14,16H,3-13H2,1-2H3. The number of amides is 1. The molecule has 0 bridgehead atoms. The Hall–Kier alpha value is -0.650. The second-order valence-electron chi connectivity index (χ2n) is 6.13. The molecule has 0 radical (unpaired) electrons. The number of carbonyl (C=O) groups is 1. The molecule has 0 aromatic rings. The lowest BCUT2D eigenvalue weighted by Gasteiger charge is -2.34. The number of likely N-dealkylation sites (N-methyl/N-ethyl adjacent to an activating group) is 1. The molecule has 2 fully saturated rings. The van der Waals surface area contributed by atoms with Gasteiger partial charge in [0.15, 0.2) is 0 Å². The van der Waals surface area contributed by atoms with E-state index in [-0.39, 0.29) is 6.04 Å². The van der Waals surface area contributed by atoms with Gasteiger partial charge in [0, 0.05) is 52.4 Å². The van der Waals surface area contributed by atoms with Crippen molar-refractivity contribution in [1.29, 1.82) is 0 Å². The Kier molecular flexibility index (Phi) is 6.26. The van der Waals surface area contributed by atoms with Crippen molar-refractivity contribution in [3.05, 3.63) is 0 Å². The predicted molar refractivity (Wildman–Crippen MR) is 81.8 cm³/mol. The summed E-state index contributed by atoms with van der Waals surface area (Å²) in [6.07, 6.45) is 3.61. The maximum absolute atomic E-state index is 12.5. The van der Waals surface area contributed by atoms with E-state index in [0.717, 1.165) is 52.4 Å². The van der Waals surface area contributed by atoms with E-state index in [0.29, 0.717) is 5.91 Å². The molecule has 0 spiro atoms. The summed E-state index contributed by atoms with van der Waals surface area (Å²) in [6, 6.07) is 0.0102. The minimum atomic E-state index is 0.0102. The molecular formula is C15H30N4O. The lowest BCUT2D eigenvalue weighted by atomic mass is 10.1. The van der Waals surface area contributed by atoms with Crippen molar-refractivity contribution < 1.29 is 4.79 Å². The van der Waals surface area contributed by atoms with Crippen LogP contribution < -0.4 is 5.32 Å². The molecule has 0 saturated carbocycles. The van der Waals surface area contributed by atoms with E-state index in [1.165, 1.54) is 19.3 Å². The minimum Gasteiger partial charge on any atom is -0.341 e. The molecule has 0 aromatic heterocycles. The van der Waals surface area contributed by atoms with Crippen LogP contribution >= 0.6 is 0 Å². The molecule has 2 rings (SSSR count). The van der Waals surface area contributed by atoms with E-state index in [1.807, 2.05) is 0 Å². The number of likely N-dealkylation sites (tertiary alicyclic amines) is 1. The average Bonchev–Trinajstić information content (AvgIpc) is 2.53. The summed E-state index contributed by atoms with van der Waals surface area (Å²) in [5.74, 6) is 0.313. The lowest BCUT2D eigenvalue weighted by Crippen LogP contribution is -2.50. The van der Waals surface area contributed by atoms with E-state index < -0.39 is 0 Å². The van der Waals surface area contributed by atoms with Gasteiger partial charge in [0.25, 0.3) is 0 Å². The summed E-state index contributed by atoms with van der Waals surface area (Å²) in [5, 5.41) is 3.37. The molecule has 0 aromatic carbocycles. The largest absolute Gasteiger partial charge is 0.341 e. The number of nitrogens with one attached hydrogen (secondary N) is 1. The van der Waals surface area contributed by atoms with E-state index in [1.54, 1.807) is 0 Å². The number of rotatable bonds is 5. The molecule has 5 heteroatoms. The molecule has 116 valence electrons. The first-order valence-electron chi connectivity index (χ1n) is 8.10. The molecule has 2 heterocycles. The molecular weight excluding hydrogens is 252 g/mol. The van der Waals surface area contributed by atoms with Crippen LogP contribution in [0.5, 0.6) is 0 Å². The number of carbonyl (C=O) groups excluding carboxylic acids is 1. The number of piperazine rings is 1. The van der Waals surface area contributed by atoms with Crippen LogP contribution in [0.3, 0.4) is 0 Å². The molecule has 1 atom stereocenters. The van der Waals surface area contributed by atoms with E-state index in [9.17, 15) is 4.79 Å². The molecule has 2 aliphatic heterocycles. The highest BCUT2D eigenvalue weighted by Crippen LogP contribution is 2.11. The highest BCUT2D eigenvalue weighted by atomic mass is 16.2. The molecule has 1 amide bonds. The van der Waals surface area contributed by atoms with Crippen LogP contribution in [-0.2, 0) is 4.79 Å². The maximum Gasteiger partial charge on any atom is 0.239 e. The molecule has 5 nitrogen and oxygen atoms in total. The van der Waals surface area contributed by atoms with Gasteiger partial charge in [-0.2, -0.15) is 0 Å². The fraction of sp³-hybridized carbons (Fsp3) is 0.933. The third-order valence-corrected chi connectivity index (χ3v) is 4.66. The number of nitrogens with zero attached hydrogens (tertiary/aromatic N) is 3. The monoisotopic (exact) mass is 282 g/mol. The van der Waals surface area contributed by atoms with Crippen molar-refractivity contribution in [1.82, 2.24) is 20.0 Å². The van der Waals surface area contributed by atoms with Crippen LogP contribution in [-0.4, -0.2) is 86.1 Å². The zero-order valence-electron chi connectivity index (χ0n) is 13.1. The van der Waals surface area contributed by atoms with Crippen LogP contribution in [0.15, 0.2) is 0 Å². The molecule has 1 N–H and O–H groups in total. The van der Waals surface area contributed by atoms with E-state index in [2.05, 4.69) is 34.0 Å². The van der Waals surface area contributed by atoms with Gasteiger partial charge in [-0.3, -0.25) is 14.6 Å². The second kappa shape index (κ2) is 7.96. The highest BCUT2D eigenvalue weighted by molar-refractivity contribution is 5.81. The van der Waals surface area contributed by atoms with Crippen molar-refractivity contribution in [2.45, 2.75) is 32.2 Å². The normalized spacial score (nSPS) is 23.1. The summed E-state index contributed by atoms with van der Waals surface area (Å²) >= 11 is 0. The number of piperidine rings is 1. The maximum atomic E-state index is 12.5. The summed E-state index contributed by atoms with van der Waals surface area (Å²) in [4.78, 5) is 19.2. The smallest absolute Gasteiger partial charge is 0.239 e. The van der Waals surface area contributed by atoms with Gasteiger partial charge < -0.3 is 10.2 Å². The third-order valence-electron chi connectivity index (χ3n) is 4.66. The van der Waals surface area contributed by atoms with Crippen LogP contribution in [0.25, 0.3) is 0 Å². The quantitative estimate of drug-likeness (QED) is 0.783. The number of hydrogen-bond acceptors (Lipinski definition) is 4. The lowest BCUT2D eigenvalue weighted by molar-refractivity contribution is -0.136. The topological polar surface area (TPSA) is 38.8 Å². The average molecular weight is 282 g/mol. The first-order valence-corrected chi connectivity index (χ1v) is 8.10. The van der Waals surface area contributed by atoms with Gasteiger partial charge in [-0.05, 0) is 33.2 Å². The first-order chi connectivity index (χ1) is 9.68. The van der Waals surface area contributed by atoms with Crippen molar-refractivity contribution in [2.75, 3.05) is 59.4 Å². The van der Waals surface area contributed by atoms with Crippen LogP contribution in [0.1, 0.15) is 26.2 Å². The first kappa shape index (κ1) is 15.7. The van der Waals surface area contributed by atoms with Crippen LogP contribution in [0.2, 0.25) is 0 Å². The Morgan fingerprint density at radius 3 is 2.45 bits per heavy atom. The molecule has 1 unspecified atom stereocenters. The predicted octanol–water partition coefficient (Wildman–Crippen LogP) is 0.224. The number of hydrogen-bond donors (Lipinski definition) is 1. The highest BCUT2D eigenvalue weighted by Gasteiger charge is 2.25. The van der Waals surface area contributed by atoms with Crippen LogP contribution in [0.4, 0.5) is 0 Å². The van der Waals surface area contributed by atoms with Gasteiger partial charge in [0.1, 0.15) is 0 Å². The Bertz CT molecular complexity index is 298. The zero-order chi connectivity index (χ0) is 14.4. The fourth-order valence-electron chi connectivity index (χ4n) is 2.99. The summed E-state index contributed by atoms with van der Waals surface area (Å²) in [7, 11) is 2.08. The van der Waals surface area contributed by atoms with Gasteiger partial charge >= 0.3 is 0 Å². The molecule has 0 aliphatic carbocycles. The van der Waals surface area contributed by atoms with Gasteiger partial charge in [0.05, 0.1) is 6.04 Å². The fourth-order valence-corrected chi connectivity index (χ4v) is 2.99. The molecule has 2 aliphatic rings. The van der Waals surface area contributed by atoms with Gasteiger partial charge in [-0.15, -0.1) is 0 Å². The SMILES string of the molecule is CC(C(=O)N1CCCCC1)N(C)CCN1CCNCC1. The van der Waals surface area contributed by atoms with Crippen molar-refractivity contribution in [3.8, 4) is 0 Å². The zero-order valence-corrected chi connectivity index (χ0v) is 13.1. The van der Waals surface area contributed by atoms with Gasteiger partial charge in [-0.25, -0.2) is 0 Å². The summed E-state index contributed by atoms with van der Waals surface area (Å²) in [6.45, 7) is 10.4. The summed E-state index contributed by atoms with van der Waals surface area (Å²) in [5.41, 5.74) is 0. The molecule has 2 saturated heterocycles. The Morgan fingerprint density at radius 2 is 1.80 bits per heavy atom. The van der Waals surface area contributed by atoms with Crippen molar-refractivity contribution >= 4 is 5.91 Å². The Morgan fingerprint density at radius 1 is 1.15 bits per heavy atom.